The van der Waals surface area contributed by atoms with E-state index in [2.05, 4.69) is 443 Å². The highest BCUT2D eigenvalue weighted by Gasteiger charge is 2.44. The van der Waals surface area contributed by atoms with Crippen LogP contribution < -0.4 is 29.4 Å². The third-order valence-electron chi connectivity index (χ3n) is 30.0. The summed E-state index contributed by atoms with van der Waals surface area (Å²) in [7, 11) is 0. The average Bonchev–Trinajstić information content (AvgIpc) is 1.62. The normalized spacial score (nSPS) is 20.1. The Hall–Kier alpha value is -11.4. The van der Waals surface area contributed by atoms with E-state index in [0.717, 1.165) is 28.7 Å². The van der Waals surface area contributed by atoms with Crippen LogP contribution in [0, 0.1) is 115 Å². The Balaban J connectivity index is 0.000000126. The van der Waals surface area contributed by atoms with Gasteiger partial charge in [-0.1, -0.05) is 264 Å². The molecule has 11 aromatic carbocycles. The van der Waals surface area contributed by atoms with Crippen LogP contribution in [0.5, 0.6) is 0 Å². The van der Waals surface area contributed by atoms with Crippen LogP contribution in [0.2, 0.25) is 0 Å². The smallest absolute Gasteiger partial charge is 0.203 e. The zero-order valence-electron chi connectivity index (χ0n) is 86.4. The first-order chi connectivity index (χ1) is 66.0. The summed E-state index contributed by atoms with van der Waals surface area (Å²) < 4.78 is 26.4. The molecular formula is C125H150N6O4S2. The molecule has 0 spiro atoms. The van der Waals surface area contributed by atoms with Gasteiger partial charge in [0.15, 0.2) is 0 Å². The number of aryl methyl sites for hydroxylation is 14. The van der Waals surface area contributed by atoms with Gasteiger partial charge in [0.1, 0.15) is 23.0 Å². The number of ether oxygens (including phenoxy) is 4. The van der Waals surface area contributed by atoms with Gasteiger partial charge in [0.2, 0.25) is 24.9 Å². The van der Waals surface area contributed by atoms with Gasteiger partial charge in [0.25, 0.3) is 0 Å². The molecule has 20 rings (SSSR count). The molecule has 0 radical (unpaired) electrons. The van der Waals surface area contributed by atoms with E-state index in [0.29, 0.717) is 22.6 Å². The van der Waals surface area contributed by atoms with E-state index < -0.39 is 0 Å². The Morgan fingerprint density at radius 1 is 0.219 bits per heavy atom. The molecule has 0 N–H and O–H groups in total. The summed E-state index contributed by atoms with van der Waals surface area (Å²) in [4.78, 5) is 17.6. The van der Waals surface area contributed by atoms with Crippen molar-refractivity contribution in [1.29, 1.82) is 0 Å². The SMILES string of the molecule is CC1=C(C)N(c2ccccc2C)C(C)S1.CC1=C(C)N(c2ccccc2C)C(c2c(C)cccc2C)O1.CC1=C(C2CCCC2)OC(c2c(C)cccc2C)N1c1ccccc1C.CC1=C(C2CCCCC2)OC(c2c(C)cccc2C)N1c1ccccc1C.CC1=C(C2CCCCC2)SC(C)N1c1ccccc1C.CC1=C(c2ccccc2)OC(c2c(C)cccc2C)N1c1ccccc1C. The molecule has 6 aliphatic heterocycles. The highest BCUT2D eigenvalue weighted by Crippen LogP contribution is 2.54. The molecule has 11 aromatic rings. The third kappa shape index (κ3) is 21.7. The van der Waals surface area contributed by atoms with Crippen LogP contribution in [0.15, 0.2) is 310 Å². The standard InChI is InChI=1S/C25H31NO.C25H25NO.C24H29NO.C20H23NO.C18H25NS.C13H17NS/c2*1-17-11-8-9-16-22(17)26-20(4)24(21-14-6-5-7-15-21)27-25(26)23-18(2)12-10-13-19(23)3;1-16-10-5-8-15-21(16)25-19(4)23(20-13-6-7-14-20)26-24(25)22-17(2)11-9-12-18(22)3;1-13-9-6-7-12-18(13)21-16(4)17(5)22-20(21)19-14(2)10-8-11-15(19)3;1-13-9-7-8-12-17(13)19-14(2)18(20-15(19)3)16-10-5-4-6-11-16;1-9-7-5-6-8-13(9)14-10(2)11(3)15-12(14)4/h8-13,16,21,25H,5-7,14-15H2,1-4H3;5-16,25H,1-4H3;5,8-12,15,20,24H,6-7,13-14H2,1-4H3;6-12,20H,1-5H3;7-9,12,15-16H,4-6,10-11H2,1-3H3;5-8,12H,1-4H3. The Kier molecular flexibility index (Phi) is 32.9. The summed E-state index contributed by atoms with van der Waals surface area (Å²) in [6, 6.07) is 88.0. The molecule has 716 valence electrons. The first-order valence-electron chi connectivity index (χ1n) is 50.6. The zero-order valence-corrected chi connectivity index (χ0v) is 88.0. The minimum Gasteiger partial charge on any atom is -0.469 e. The van der Waals surface area contributed by atoms with Gasteiger partial charge in [-0.3, -0.25) is 0 Å². The number of nitrogens with zero attached hydrogens (tertiary/aromatic N) is 6. The van der Waals surface area contributed by atoms with Gasteiger partial charge < -0.3 is 48.3 Å². The van der Waals surface area contributed by atoms with E-state index in [4.69, 9.17) is 18.9 Å². The number of anilines is 6. The predicted molar refractivity (Wildman–Crippen MR) is 584 cm³/mol. The fraction of sp³-hybridized carbons (Fsp3) is 0.376. The Morgan fingerprint density at radius 2 is 0.474 bits per heavy atom. The molecule has 9 aliphatic rings. The summed E-state index contributed by atoms with van der Waals surface area (Å²) in [6.45, 7) is 52.7. The minimum absolute atomic E-state index is 0.0621. The largest absolute Gasteiger partial charge is 0.469 e. The average molecular weight is 1860 g/mol. The lowest BCUT2D eigenvalue weighted by Crippen LogP contribution is -2.25. The number of hydrogen-bond acceptors (Lipinski definition) is 12. The molecule has 6 atom stereocenters. The molecule has 3 saturated carbocycles. The molecule has 6 heterocycles. The van der Waals surface area contributed by atoms with Crippen molar-refractivity contribution >= 4 is 63.4 Å². The number of rotatable bonds is 14. The molecule has 0 amide bonds. The maximum absolute atomic E-state index is 6.79. The molecule has 12 heteroatoms. The van der Waals surface area contributed by atoms with E-state index in [1.807, 2.05) is 24.8 Å². The molecule has 0 bridgehead atoms. The number of para-hydroxylation sites is 6. The Morgan fingerprint density at radius 3 is 0.796 bits per heavy atom. The summed E-state index contributed by atoms with van der Waals surface area (Å²) >= 11 is 4.04. The molecule has 6 unspecified atom stereocenters. The molecule has 0 saturated heterocycles. The van der Waals surface area contributed by atoms with Crippen LogP contribution in [0.4, 0.5) is 34.1 Å². The van der Waals surface area contributed by atoms with E-state index >= 15 is 0 Å². The second-order valence-electron chi connectivity index (χ2n) is 39.5. The monoisotopic (exact) mass is 1860 g/mol. The fourth-order valence-electron chi connectivity index (χ4n) is 22.4. The predicted octanol–water partition coefficient (Wildman–Crippen LogP) is 35.3. The van der Waals surface area contributed by atoms with Crippen molar-refractivity contribution in [2.24, 2.45) is 17.8 Å². The zero-order chi connectivity index (χ0) is 97.2. The maximum atomic E-state index is 6.79. The van der Waals surface area contributed by atoms with Gasteiger partial charge in [-0.05, 0) is 325 Å². The van der Waals surface area contributed by atoms with Gasteiger partial charge in [0.05, 0.1) is 33.5 Å². The van der Waals surface area contributed by atoms with Crippen molar-refractivity contribution in [3.8, 4) is 0 Å². The van der Waals surface area contributed by atoms with Gasteiger partial charge in [0, 0.05) is 95.0 Å². The highest BCUT2D eigenvalue weighted by molar-refractivity contribution is 8.04. The quantitative estimate of drug-likeness (QED) is 0.104. The van der Waals surface area contributed by atoms with Crippen molar-refractivity contribution in [3.63, 3.8) is 0 Å². The molecular weight excluding hydrogens is 1710 g/mol. The highest BCUT2D eigenvalue weighted by atomic mass is 32.2. The fourth-order valence-corrected chi connectivity index (χ4v) is 25.0. The summed E-state index contributed by atoms with van der Waals surface area (Å²) in [5.74, 6) is 6.37. The number of benzene rings is 11. The molecule has 3 aliphatic carbocycles. The van der Waals surface area contributed by atoms with Crippen molar-refractivity contribution in [1.82, 2.24) is 0 Å². The van der Waals surface area contributed by atoms with Crippen LogP contribution in [0.1, 0.15) is 290 Å². The minimum atomic E-state index is -0.164. The molecule has 10 nitrogen and oxygen atoms in total. The maximum Gasteiger partial charge on any atom is 0.203 e. The van der Waals surface area contributed by atoms with Crippen LogP contribution in [0.3, 0.4) is 0 Å². The van der Waals surface area contributed by atoms with Crippen LogP contribution in [0.25, 0.3) is 5.76 Å². The molecule has 137 heavy (non-hydrogen) atoms. The van der Waals surface area contributed by atoms with Crippen molar-refractivity contribution in [3.05, 3.63) is 416 Å². The molecule has 3 fully saturated rings. The van der Waals surface area contributed by atoms with Crippen LogP contribution in [-0.2, 0) is 18.9 Å². The summed E-state index contributed by atoms with van der Waals surface area (Å²) in [6.07, 6.45) is 18.4. The third-order valence-corrected chi connectivity index (χ3v) is 32.6. The van der Waals surface area contributed by atoms with Gasteiger partial charge in [-0.25, -0.2) is 0 Å². The van der Waals surface area contributed by atoms with Gasteiger partial charge in [-0.2, -0.15) is 0 Å². The van der Waals surface area contributed by atoms with E-state index in [9.17, 15) is 0 Å². The lowest BCUT2D eigenvalue weighted by molar-refractivity contribution is 0.111. The number of hydrogen-bond donors (Lipinski definition) is 0. The van der Waals surface area contributed by atoms with E-state index in [1.165, 1.54) is 269 Å². The van der Waals surface area contributed by atoms with Crippen LogP contribution >= 0.6 is 23.5 Å². The van der Waals surface area contributed by atoms with Gasteiger partial charge in [-0.15, -0.1) is 23.5 Å². The van der Waals surface area contributed by atoms with E-state index in [1.54, 1.807) is 4.91 Å². The molecule has 0 aromatic heterocycles. The van der Waals surface area contributed by atoms with Crippen molar-refractivity contribution in [2.45, 2.75) is 292 Å². The summed E-state index contributed by atoms with van der Waals surface area (Å²) in [5.41, 5.74) is 39.7. The lowest BCUT2D eigenvalue weighted by Gasteiger charge is -2.30. The van der Waals surface area contributed by atoms with Gasteiger partial charge >= 0.3 is 0 Å². The second kappa shape index (κ2) is 45.0. The number of allylic oxidation sites excluding steroid dienone is 11. The number of thioether (sulfide) groups is 2. The van der Waals surface area contributed by atoms with Crippen LogP contribution in [-0.4, -0.2) is 10.7 Å². The topological polar surface area (TPSA) is 56.4 Å². The first-order valence-corrected chi connectivity index (χ1v) is 52.4. The van der Waals surface area contributed by atoms with Crippen molar-refractivity contribution < 1.29 is 18.9 Å². The second-order valence-corrected chi connectivity index (χ2v) is 42.4. The van der Waals surface area contributed by atoms with Crippen molar-refractivity contribution in [2.75, 3.05) is 29.4 Å². The Labute approximate surface area is 831 Å². The Bertz CT molecular complexity index is 6230. The first kappa shape index (κ1) is 100. The lowest BCUT2D eigenvalue weighted by atomic mass is 9.87. The summed E-state index contributed by atoms with van der Waals surface area (Å²) in [5, 5.41) is 1.05. The van der Waals surface area contributed by atoms with E-state index in [-0.39, 0.29) is 24.9 Å².